The van der Waals surface area contributed by atoms with Crippen LogP contribution in [0.2, 0.25) is 0 Å². The SMILES string of the molecule is Cl.N=C(c1ccccn1)N1CCCCC1. The minimum absolute atomic E-state index is 0. The van der Waals surface area contributed by atoms with Gasteiger partial charge in [0.1, 0.15) is 11.5 Å². The van der Waals surface area contributed by atoms with Crippen molar-refractivity contribution in [2.75, 3.05) is 13.1 Å². The van der Waals surface area contributed by atoms with Crippen LogP contribution in [-0.4, -0.2) is 28.8 Å². The first-order chi connectivity index (χ1) is 6.88. The Labute approximate surface area is 96.4 Å². The molecule has 0 atom stereocenters. The van der Waals surface area contributed by atoms with E-state index in [9.17, 15) is 0 Å². The quantitative estimate of drug-likeness (QED) is 0.589. The molecule has 82 valence electrons. The lowest BCUT2D eigenvalue weighted by Crippen LogP contribution is -2.36. The zero-order valence-corrected chi connectivity index (χ0v) is 9.46. The summed E-state index contributed by atoms with van der Waals surface area (Å²) in [5, 5.41) is 7.99. The average Bonchev–Trinajstić information content (AvgIpc) is 2.30. The van der Waals surface area contributed by atoms with Crippen LogP contribution < -0.4 is 0 Å². The fourth-order valence-corrected chi connectivity index (χ4v) is 1.78. The first kappa shape index (κ1) is 12.0. The number of rotatable bonds is 1. The van der Waals surface area contributed by atoms with E-state index in [1.165, 1.54) is 19.3 Å². The Bertz CT molecular complexity index is 307. The van der Waals surface area contributed by atoms with Crippen LogP contribution >= 0.6 is 12.4 Å². The number of amidine groups is 1. The molecule has 3 nitrogen and oxygen atoms in total. The van der Waals surface area contributed by atoms with Crippen molar-refractivity contribution < 1.29 is 0 Å². The molecule has 2 heterocycles. The third-order valence-electron chi connectivity index (χ3n) is 2.58. The van der Waals surface area contributed by atoms with Crippen LogP contribution in [0, 0.1) is 5.41 Å². The van der Waals surface area contributed by atoms with Gasteiger partial charge in [0.05, 0.1) is 0 Å². The second kappa shape index (κ2) is 5.71. The molecule has 1 aliphatic heterocycles. The van der Waals surface area contributed by atoms with Crippen LogP contribution in [0.4, 0.5) is 0 Å². The molecule has 1 fully saturated rings. The normalized spacial score (nSPS) is 15.6. The summed E-state index contributed by atoms with van der Waals surface area (Å²) in [4.78, 5) is 6.30. The van der Waals surface area contributed by atoms with Gasteiger partial charge in [-0.25, -0.2) is 0 Å². The first-order valence-electron chi connectivity index (χ1n) is 5.13. The number of pyridine rings is 1. The van der Waals surface area contributed by atoms with Gasteiger partial charge in [-0.15, -0.1) is 12.4 Å². The van der Waals surface area contributed by atoms with E-state index in [1.54, 1.807) is 6.20 Å². The molecule has 2 rings (SSSR count). The monoisotopic (exact) mass is 225 g/mol. The highest BCUT2D eigenvalue weighted by atomic mass is 35.5. The standard InChI is InChI=1S/C11H15N3.ClH/c12-11(10-6-2-3-7-13-10)14-8-4-1-5-9-14;/h2-3,6-7,12H,1,4-5,8-9H2;1H. The second-order valence-corrected chi connectivity index (χ2v) is 3.61. The van der Waals surface area contributed by atoms with Gasteiger partial charge in [-0.05, 0) is 31.4 Å². The minimum atomic E-state index is 0. The summed E-state index contributed by atoms with van der Waals surface area (Å²) in [5.74, 6) is 0.574. The molecule has 1 saturated heterocycles. The molecule has 0 bridgehead atoms. The Morgan fingerprint density at radius 2 is 1.93 bits per heavy atom. The van der Waals surface area contributed by atoms with E-state index in [4.69, 9.17) is 5.41 Å². The fraction of sp³-hybridized carbons (Fsp3) is 0.455. The lowest BCUT2D eigenvalue weighted by molar-refractivity contribution is 0.340. The van der Waals surface area contributed by atoms with Gasteiger partial charge < -0.3 is 4.90 Å². The molecule has 1 aromatic heterocycles. The van der Waals surface area contributed by atoms with Crippen molar-refractivity contribution in [3.8, 4) is 0 Å². The van der Waals surface area contributed by atoms with Crippen molar-refractivity contribution in [2.45, 2.75) is 19.3 Å². The van der Waals surface area contributed by atoms with Crippen LogP contribution in [-0.2, 0) is 0 Å². The fourth-order valence-electron chi connectivity index (χ4n) is 1.78. The highest BCUT2D eigenvalue weighted by molar-refractivity contribution is 5.94. The zero-order valence-electron chi connectivity index (χ0n) is 8.65. The van der Waals surface area contributed by atoms with Gasteiger partial charge in [-0.2, -0.15) is 0 Å². The van der Waals surface area contributed by atoms with Crippen LogP contribution in [0.5, 0.6) is 0 Å². The molecule has 0 unspecified atom stereocenters. The molecule has 0 spiro atoms. The van der Waals surface area contributed by atoms with Gasteiger partial charge in [0.15, 0.2) is 0 Å². The van der Waals surface area contributed by atoms with Crippen molar-refractivity contribution >= 4 is 18.2 Å². The van der Waals surface area contributed by atoms with Gasteiger partial charge in [0, 0.05) is 19.3 Å². The summed E-state index contributed by atoms with van der Waals surface area (Å²) in [5.41, 5.74) is 0.786. The Morgan fingerprint density at radius 3 is 2.53 bits per heavy atom. The number of hydrogen-bond donors (Lipinski definition) is 1. The molecule has 0 saturated carbocycles. The zero-order chi connectivity index (χ0) is 9.80. The predicted octanol–water partition coefficient (Wildman–Crippen LogP) is 2.31. The van der Waals surface area contributed by atoms with E-state index in [0.717, 1.165) is 18.8 Å². The highest BCUT2D eigenvalue weighted by Crippen LogP contribution is 2.11. The van der Waals surface area contributed by atoms with Gasteiger partial charge in [0.2, 0.25) is 0 Å². The largest absolute Gasteiger partial charge is 0.355 e. The Hall–Kier alpha value is -1.09. The number of hydrogen-bond acceptors (Lipinski definition) is 2. The predicted molar refractivity (Wildman–Crippen MR) is 63.7 cm³/mol. The van der Waals surface area contributed by atoms with Crippen molar-refractivity contribution in [1.82, 2.24) is 9.88 Å². The maximum absolute atomic E-state index is 7.99. The van der Waals surface area contributed by atoms with E-state index in [1.807, 2.05) is 18.2 Å². The van der Waals surface area contributed by atoms with Crippen LogP contribution in [0.15, 0.2) is 24.4 Å². The molecule has 0 radical (unpaired) electrons. The van der Waals surface area contributed by atoms with E-state index >= 15 is 0 Å². The van der Waals surface area contributed by atoms with E-state index in [-0.39, 0.29) is 12.4 Å². The lowest BCUT2D eigenvalue weighted by atomic mass is 10.1. The van der Waals surface area contributed by atoms with E-state index in [2.05, 4.69) is 9.88 Å². The van der Waals surface area contributed by atoms with Gasteiger partial charge in [-0.3, -0.25) is 10.4 Å². The molecule has 0 amide bonds. The van der Waals surface area contributed by atoms with E-state index < -0.39 is 0 Å². The number of likely N-dealkylation sites (tertiary alicyclic amines) is 1. The minimum Gasteiger partial charge on any atom is -0.355 e. The summed E-state index contributed by atoms with van der Waals surface area (Å²) >= 11 is 0. The van der Waals surface area contributed by atoms with Crippen LogP contribution in [0.1, 0.15) is 25.0 Å². The molecule has 1 aromatic rings. The molecule has 4 heteroatoms. The highest BCUT2D eigenvalue weighted by Gasteiger charge is 2.14. The number of halogens is 1. The van der Waals surface area contributed by atoms with Crippen LogP contribution in [0.3, 0.4) is 0 Å². The van der Waals surface area contributed by atoms with Gasteiger partial charge in [-0.1, -0.05) is 6.07 Å². The summed E-state index contributed by atoms with van der Waals surface area (Å²) in [6.45, 7) is 2.02. The second-order valence-electron chi connectivity index (χ2n) is 3.61. The summed E-state index contributed by atoms with van der Waals surface area (Å²) < 4.78 is 0. The molecular formula is C11H16ClN3. The summed E-state index contributed by atoms with van der Waals surface area (Å²) in [6, 6.07) is 5.71. The van der Waals surface area contributed by atoms with Crippen molar-refractivity contribution in [2.24, 2.45) is 0 Å². The maximum atomic E-state index is 7.99. The molecular weight excluding hydrogens is 210 g/mol. The van der Waals surface area contributed by atoms with Crippen molar-refractivity contribution in [1.29, 1.82) is 5.41 Å². The Kier molecular flexibility index (Phi) is 4.56. The molecule has 15 heavy (non-hydrogen) atoms. The average molecular weight is 226 g/mol. The van der Waals surface area contributed by atoms with E-state index in [0.29, 0.717) is 5.84 Å². The number of aromatic nitrogens is 1. The smallest absolute Gasteiger partial charge is 0.147 e. The Balaban J connectivity index is 0.00000112. The molecule has 0 aliphatic carbocycles. The lowest BCUT2D eigenvalue weighted by Gasteiger charge is -2.28. The van der Waals surface area contributed by atoms with Crippen molar-refractivity contribution in [3.63, 3.8) is 0 Å². The van der Waals surface area contributed by atoms with Crippen molar-refractivity contribution in [3.05, 3.63) is 30.1 Å². The Morgan fingerprint density at radius 1 is 1.20 bits per heavy atom. The first-order valence-corrected chi connectivity index (χ1v) is 5.13. The molecule has 0 aromatic carbocycles. The third kappa shape index (κ3) is 2.93. The third-order valence-corrected chi connectivity index (χ3v) is 2.58. The number of piperidine rings is 1. The summed E-state index contributed by atoms with van der Waals surface area (Å²) in [7, 11) is 0. The maximum Gasteiger partial charge on any atom is 0.147 e. The van der Waals surface area contributed by atoms with Gasteiger partial charge >= 0.3 is 0 Å². The van der Waals surface area contributed by atoms with Crippen LogP contribution in [0.25, 0.3) is 0 Å². The molecule has 1 aliphatic rings. The summed E-state index contributed by atoms with van der Waals surface area (Å²) in [6.07, 6.45) is 5.45. The number of nitrogens with one attached hydrogen (secondary N) is 1. The molecule has 1 N–H and O–H groups in total. The van der Waals surface area contributed by atoms with Gasteiger partial charge in [0.25, 0.3) is 0 Å². The topological polar surface area (TPSA) is 40.0 Å². The number of nitrogens with zero attached hydrogens (tertiary/aromatic N) is 2.